The topological polar surface area (TPSA) is 36.7 Å². The van der Waals surface area contributed by atoms with Gasteiger partial charge in [0.25, 0.3) is 0 Å². The lowest BCUT2D eigenvalue weighted by Gasteiger charge is -1.99. The van der Waals surface area contributed by atoms with Gasteiger partial charge in [0.05, 0.1) is 22.3 Å². The average Bonchev–Trinajstić information content (AvgIpc) is 2.96. The van der Waals surface area contributed by atoms with E-state index >= 15 is 0 Å². The molecule has 0 aliphatic rings. The largest absolute Gasteiger partial charge is 0.241 e. The monoisotopic (exact) mass is 354 g/mol. The van der Waals surface area contributed by atoms with Crippen LogP contribution < -0.4 is 0 Å². The number of aromatic nitrogens is 1. The van der Waals surface area contributed by atoms with Crippen molar-refractivity contribution < 1.29 is 0 Å². The fourth-order valence-electron chi connectivity index (χ4n) is 2.06. The first-order valence-corrected chi connectivity index (χ1v) is 8.11. The maximum Gasteiger partial charge on any atom is 0.0991 e. The Morgan fingerprint density at radius 3 is 2.67 bits per heavy atom. The van der Waals surface area contributed by atoms with Gasteiger partial charge in [0.15, 0.2) is 0 Å². The Morgan fingerprint density at radius 1 is 1.14 bits per heavy atom. The van der Waals surface area contributed by atoms with Gasteiger partial charge in [-0.15, -0.1) is 11.3 Å². The third-order valence-corrected chi connectivity index (χ3v) is 4.45. The van der Waals surface area contributed by atoms with Crippen LogP contribution in [0.5, 0.6) is 0 Å². The Hall–Kier alpha value is -1.96. The first-order valence-electron chi connectivity index (χ1n) is 6.44. The Labute approximate surface area is 135 Å². The van der Waals surface area contributed by atoms with Crippen molar-refractivity contribution in [3.05, 3.63) is 74.5 Å². The molecule has 0 saturated carbocycles. The zero-order chi connectivity index (χ0) is 14.7. The van der Waals surface area contributed by atoms with Crippen LogP contribution >= 0.6 is 27.3 Å². The summed E-state index contributed by atoms with van der Waals surface area (Å²) >= 11 is 5.15. The highest BCUT2D eigenvalue weighted by Gasteiger charge is 2.06. The molecule has 0 saturated heterocycles. The molecule has 0 atom stereocenters. The van der Waals surface area contributed by atoms with Crippen molar-refractivity contribution in [2.24, 2.45) is 0 Å². The summed E-state index contributed by atoms with van der Waals surface area (Å²) in [7, 11) is 0. The van der Waals surface area contributed by atoms with Crippen LogP contribution in [0.1, 0.15) is 16.1 Å². The van der Waals surface area contributed by atoms with Crippen molar-refractivity contribution >= 4 is 27.3 Å². The van der Waals surface area contributed by atoms with Crippen LogP contribution in [-0.4, -0.2) is 4.98 Å². The van der Waals surface area contributed by atoms with Crippen molar-refractivity contribution in [2.45, 2.75) is 6.42 Å². The molecular formula is C17H11BrN2S. The van der Waals surface area contributed by atoms with E-state index in [4.69, 9.17) is 5.26 Å². The predicted octanol–water partition coefficient (Wildman–Crippen LogP) is 5.04. The smallest absolute Gasteiger partial charge is 0.0991 e. The summed E-state index contributed by atoms with van der Waals surface area (Å²) in [6.07, 6.45) is 0.834. The Morgan fingerprint density at radius 2 is 1.95 bits per heavy atom. The van der Waals surface area contributed by atoms with Gasteiger partial charge in [-0.25, -0.2) is 4.98 Å². The fourth-order valence-corrected chi connectivity index (χ4v) is 3.35. The van der Waals surface area contributed by atoms with Crippen LogP contribution in [0.3, 0.4) is 0 Å². The Bertz CT molecular complexity index is 800. The molecule has 0 aliphatic heterocycles. The predicted molar refractivity (Wildman–Crippen MR) is 89.2 cm³/mol. The molecular weight excluding hydrogens is 344 g/mol. The van der Waals surface area contributed by atoms with Gasteiger partial charge in [0.2, 0.25) is 0 Å². The molecule has 2 aromatic carbocycles. The zero-order valence-corrected chi connectivity index (χ0v) is 13.5. The molecule has 3 aromatic rings. The van der Waals surface area contributed by atoms with Gasteiger partial charge in [0, 0.05) is 21.8 Å². The second-order valence-corrected chi connectivity index (χ2v) is 6.48. The number of nitriles is 1. The normalized spacial score (nSPS) is 10.3. The summed E-state index contributed by atoms with van der Waals surface area (Å²) in [5.74, 6) is 0. The van der Waals surface area contributed by atoms with Crippen molar-refractivity contribution in [1.82, 2.24) is 4.98 Å². The zero-order valence-electron chi connectivity index (χ0n) is 11.1. The molecule has 2 nitrogen and oxygen atoms in total. The van der Waals surface area contributed by atoms with Crippen molar-refractivity contribution in [1.29, 1.82) is 5.26 Å². The van der Waals surface area contributed by atoms with E-state index in [0.717, 1.165) is 27.2 Å². The molecule has 0 bridgehead atoms. The van der Waals surface area contributed by atoms with E-state index in [2.05, 4.69) is 44.5 Å². The molecule has 0 fully saturated rings. The standard InChI is InChI=1S/C17H11BrN2S/c18-15-3-1-2-13(8-15)9-17-20-16(11-21-17)14-6-4-12(10-19)5-7-14/h1-8,11H,9H2. The highest BCUT2D eigenvalue weighted by molar-refractivity contribution is 9.10. The van der Waals surface area contributed by atoms with Crippen LogP contribution in [0.4, 0.5) is 0 Å². The lowest BCUT2D eigenvalue weighted by atomic mass is 10.1. The van der Waals surface area contributed by atoms with Crippen molar-refractivity contribution in [2.75, 3.05) is 0 Å². The highest BCUT2D eigenvalue weighted by Crippen LogP contribution is 2.24. The second kappa shape index (κ2) is 6.21. The van der Waals surface area contributed by atoms with Gasteiger partial charge in [0.1, 0.15) is 0 Å². The minimum absolute atomic E-state index is 0.670. The molecule has 0 amide bonds. The fraction of sp³-hybridized carbons (Fsp3) is 0.0588. The van der Waals surface area contributed by atoms with Crippen LogP contribution in [0, 0.1) is 11.3 Å². The molecule has 3 rings (SSSR count). The maximum atomic E-state index is 8.82. The van der Waals surface area contributed by atoms with E-state index in [1.165, 1.54) is 5.56 Å². The number of hydrogen-bond acceptors (Lipinski definition) is 3. The van der Waals surface area contributed by atoms with Crippen LogP contribution in [-0.2, 0) is 6.42 Å². The van der Waals surface area contributed by atoms with Crippen LogP contribution in [0.25, 0.3) is 11.3 Å². The molecule has 0 unspecified atom stereocenters. The maximum absolute atomic E-state index is 8.82. The first kappa shape index (κ1) is 14.0. The van der Waals surface area contributed by atoms with Crippen LogP contribution in [0.2, 0.25) is 0 Å². The van der Waals surface area contributed by atoms with Gasteiger partial charge in [-0.05, 0) is 29.8 Å². The molecule has 0 radical (unpaired) electrons. The van der Waals surface area contributed by atoms with E-state index in [0.29, 0.717) is 5.56 Å². The van der Waals surface area contributed by atoms with Gasteiger partial charge >= 0.3 is 0 Å². The van der Waals surface area contributed by atoms with E-state index < -0.39 is 0 Å². The van der Waals surface area contributed by atoms with Gasteiger partial charge in [-0.1, -0.05) is 40.2 Å². The van der Waals surface area contributed by atoms with E-state index in [1.54, 1.807) is 11.3 Å². The minimum atomic E-state index is 0.670. The summed E-state index contributed by atoms with van der Waals surface area (Å²) in [4.78, 5) is 4.68. The van der Waals surface area contributed by atoms with Gasteiger partial charge in [-0.2, -0.15) is 5.26 Å². The number of benzene rings is 2. The quantitative estimate of drug-likeness (QED) is 0.660. The first-order chi connectivity index (χ1) is 10.2. The van der Waals surface area contributed by atoms with Gasteiger partial charge in [-0.3, -0.25) is 0 Å². The third-order valence-electron chi connectivity index (χ3n) is 3.11. The van der Waals surface area contributed by atoms with Crippen LogP contribution in [0.15, 0.2) is 58.4 Å². The molecule has 102 valence electrons. The molecule has 4 heteroatoms. The molecule has 0 aliphatic carbocycles. The third kappa shape index (κ3) is 3.38. The summed E-state index contributed by atoms with van der Waals surface area (Å²) in [5.41, 5.74) is 3.92. The van der Waals surface area contributed by atoms with Gasteiger partial charge < -0.3 is 0 Å². The molecule has 0 spiro atoms. The SMILES string of the molecule is N#Cc1ccc(-c2csc(Cc3cccc(Br)c3)n2)cc1. The molecule has 21 heavy (non-hydrogen) atoms. The van der Waals surface area contributed by atoms with E-state index in [-0.39, 0.29) is 0 Å². The minimum Gasteiger partial charge on any atom is -0.241 e. The number of thiazole rings is 1. The average molecular weight is 355 g/mol. The summed E-state index contributed by atoms with van der Waals surface area (Å²) < 4.78 is 1.09. The summed E-state index contributed by atoms with van der Waals surface area (Å²) in [6.45, 7) is 0. The highest BCUT2D eigenvalue weighted by atomic mass is 79.9. The molecule has 1 heterocycles. The van der Waals surface area contributed by atoms with E-state index in [1.807, 2.05) is 36.4 Å². The van der Waals surface area contributed by atoms with E-state index in [9.17, 15) is 0 Å². The van der Waals surface area contributed by atoms with Crippen molar-refractivity contribution in [3.63, 3.8) is 0 Å². The lowest BCUT2D eigenvalue weighted by molar-refractivity contribution is 1.14. The summed E-state index contributed by atoms with van der Waals surface area (Å²) in [6, 6.07) is 17.9. The van der Waals surface area contributed by atoms with Crippen molar-refractivity contribution in [3.8, 4) is 17.3 Å². The Kier molecular flexibility index (Phi) is 4.14. The molecule has 0 N–H and O–H groups in total. The Balaban J connectivity index is 1.81. The number of hydrogen-bond donors (Lipinski definition) is 0. The number of rotatable bonds is 3. The summed E-state index contributed by atoms with van der Waals surface area (Å²) in [5, 5.41) is 12.0. The lowest BCUT2D eigenvalue weighted by Crippen LogP contribution is -1.87. The number of nitrogens with zero attached hydrogens (tertiary/aromatic N) is 2. The second-order valence-electron chi connectivity index (χ2n) is 4.62. The molecule has 1 aromatic heterocycles. The number of halogens is 1.